The maximum atomic E-state index is 11.8. The summed E-state index contributed by atoms with van der Waals surface area (Å²) in [4.78, 5) is 17.6. The van der Waals surface area contributed by atoms with Crippen LogP contribution >= 0.6 is 0 Å². The molecule has 2 rings (SSSR count). The van der Waals surface area contributed by atoms with Crippen LogP contribution in [0, 0.1) is 0 Å². The van der Waals surface area contributed by atoms with Crippen molar-refractivity contribution in [3.8, 4) is 0 Å². The van der Waals surface area contributed by atoms with Crippen molar-refractivity contribution in [1.29, 1.82) is 0 Å². The number of rotatable bonds is 3. The SMILES string of the molecule is CC1OCCC1(C)Nc1ccc(C(=O)N(C)C)cn1. The van der Waals surface area contributed by atoms with Crippen LogP contribution in [-0.2, 0) is 4.74 Å². The third-order valence-electron chi connectivity index (χ3n) is 3.72. The molecule has 1 aromatic rings. The summed E-state index contributed by atoms with van der Waals surface area (Å²) < 4.78 is 5.58. The Hall–Kier alpha value is -1.62. The molecule has 2 unspecified atom stereocenters. The van der Waals surface area contributed by atoms with Gasteiger partial charge in [-0.3, -0.25) is 4.79 Å². The third kappa shape index (κ3) is 2.87. The Morgan fingerprint density at radius 1 is 1.53 bits per heavy atom. The van der Waals surface area contributed by atoms with E-state index < -0.39 is 0 Å². The Labute approximate surface area is 114 Å². The minimum Gasteiger partial charge on any atom is -0.376 e. The number of nitrogens with one attached hydrogen (secondary N) is 1. The molecular formula is C14H21N3O2. The van der Waals surface area contributed by atoms with Gasteiger partial charge in [0.1, 0.15) is 5.82 Å². The lowest BCUT2D eigenvalue weighted by Gasteiger charge is -2.29. The van der Waals surface area contributed by atoms with Gasteiger partial charge in [0.05, 0.1) is 17.2 Å². The van der Waals surface area contributed by atoms with E-state index >= 15 is 0 Å². The zero-order valence-corrected chi connectivity index (χ0v) is 11.9. The van der Waals surface area contributed by atoms with Crippen LogP contribution in [0.4, 0.5) is 5.82 Å². The summed E-state index contributed by atoms with van der Waals surface area (Å²) in [6, 6.07) is 3.63. The van der Waals surface area contributed by atoms with Gasteiger partial charge in [0.25, 0.3) is 5.91 Å². The van der Waals surface area contributed by atoms with E-state index in [9.17, 15) is 4.79 Å². The van der Waals surface area contributed by atoms with Gasteiger partial charge in [-0.15, -0.1) is 0 Å². The first kappa shape index (κ1) is 13.8. The van der Waals surface area contributed by atoms with Gasteiger partial charge in [-0.25, -0.2) is 4.98 Å². The highest BCUT2D eigenvalue weighted by molar-refractivity contribution is 5.93. The Morgan fingerprint density at radius 2 is 2.26 bits per heavy atom. The first-order chi connectivity index (χ1) is 8.92. The number of hydrogen-bond donors (Lipinski definition) is 1. The van der Waals surface area contributed by atoms with E-state index in [1.807, 2.05) is 6.07 Å². The number of anilines is 1. The summed E-state index contributed by atoms with van der Waals surface area (Å²) in [6.07, 6.45) is 2.71. The average molecular weight is 263 g/mol. The average Bonchev–Trinajstić information content (AvgIpc) is 2.69. The van der Waals surface area contributed by atoms with Crippen molar-refractivity contribution in [2.45, 2.75) is 31.9 Å². The molecule has 1 aromatic heterocycles. The van der Waals surface area contributed by atoms with E-state index in [1.54, 1.807) is 26.4 Å². The number of carbonyl (C=O) groups excluding carboxylic acids is 1. The molecule has 1 aliphatic heterocycles. The molecule has 2 heterocycles. The van der Waals surface area contributed by atoms with Crippen LogP contribution < -0.4 is 5.32 Å². The fourth-order valence-corrected chi connectivity index (χ4v) is 2.14. The molecule has 1 amide bonds. The van der Waals surface area contributed by atoms with Crippen LogP contribution in [0.2, 0.25) is 0 Å². The standard InChI is InChI=1S/C14H21N3O2/c1-10-14(2,7-8-19-10)16-12-6-5-11(9-15-12)13(18)17(3)4/h5-6,9-10H,7-8H2,1-4H3,(H,15,16). The summed E-state index contributed by atoms with van der Waals surface area (Å²) in [5.74, 6) is 0.734. The predicted molar refractivity (Wildman–Crippen MR) is 74.3 cm³/mol. The number of nitrogens with zero attached hydrogens (tertiary/aromatic N) is 2. The summed E-state index contributed by atoms with van der Waals surface area (Å²) in [5, 5.41) is 3.40. The molecular weight excluding hydrogens is 242 g/mol. The zero-order chi connectivity index (χ0) is 14.0. The highest BCUT2D eigenvalue weighted by atomic mass is 16.5. The molecule has 0 aliphatic carbocycles. The minimum atomic E-state index is -0.0971. The normalized spacial score (nSPS) is 26.2. The fraction of sp³-hybridized carbons (Fsp3) is 0.571. The molecule has 0 spiro atoms. The number of pyridine rings is 1. The molecule has 104 valence electrons. The van der Waals surface area contributed by atoms with Crippen molar-refractivity contribution < 1.29 is 9.53 Å². The van der Waals surface area contributed by atoms with Gasteiger partial charge >= 0.3 is 0 Å². The van der Waals surface area contributed by atoms with Gasteiger partial charge in [-0.05, 0) is 32.4 Å². The highest BCUT2D eigenvalue weighted by Gasteiger charge is 2.37. The minimum absolute atomic E-state index is 0.0390. The molecule has 5 heteroatoms. The maximum absolute atomic E-state index is 11.8. The van der Waals surface area contributed by atoms with Crippen molar-refractivity contribution in [2.24, 2.45) is 0 Å². The van der Waals surface area contributed by atoms with Gasteiger partial charge in [-0.1, -0.05) is 0 Å². The van der Waals surface area contributed by atoms with Gasteiger partial charge in [0.15, 0.2) is 0 Å². The first-order valence-electron chi connectivity index (χ1n) is 6.50. The molecule has 5 nitrogen and oxygen atoms in total. The Morgan fingerprint density at radius 3 is 2.74 bits per heavy atom. The number of carbonyl (C=O) groups is 1. The zero-order valence-electron chi connectivity index (χ0n) is 11.9. The number of hydrogen-bond acceptors (Lipinski definition) is 4. The smallest absolute Gasteiger partial charge is 0.254 e. The lowest BCUT2D eigenvalue weighted by atomic mass is 9.95. The Kier molecular flexibility index (Phi) is 3.75. The number of amides is 1. The molecule has 1 N–H and O–H groups in total. The van der Waals surface area contributed by atoms with E-state index in [4.69, 9.17) is 4.74 Å². The lowest BCUT2D eigenvalue weighted by Crippen LogP contribution is -2.41. The monoisotopic (exact) mass is 263 g/mol. The van der Waals surface area contributed by atoms with E-state index in [0.29, 0.717) is 5.56 Å². The molecule has 1 saturated heterocycles. The van der Waals surface area contributed by atoms with Crippen LogP contribution in [0.25, 0.3) is 0 Å². The van der Waals surface area contributed by atoms with Gasteiger partial charge in [0.2, 0.25) is 0 Å². The van der Waals surface area contributed by atoms with E-state index in [1.165, 1.54) is 4.90 Å². The van der Waals surface area contributed by atoms with E-state index in [2.05, 4.69) is 24.1 Å². The van der Waals surface area contributed by atoms with Gasteiger partial charge < -0.3 is 15.0 Å². The highest BCUT2D eigenvalue weighted by Crippen LogP contribution is 2.28. The van der Waals surface area contributed by atoms with Crippen molar-refractivity contribution in [3.05, 3.63) is 23.9 Å². The van der Waals surface area contributed by atoms with Crippen LogP contribution in [-0.4, -0.2) is 48.1 Å². The Balaban J connectivity index is 2.09. The van der Waals surface area contributed by atoms with Crippen molar-refractivity contribution in [3.63, 3.8) is 0 Å². The van der Waals surface area contributed by atoms with E-state index in [-0.39, 0.29) is 17.6 Å². The topological polar surface area (TPSA) is 54.5 Å². The summed E-state index contributed by atoms with van der Waals surface area (Å²) >= 11 is 0. The second kappa shape index (κ2) is 5.17. The van der Waals surface area contributed by atoms with Crippen LogP contribution in [0.1, 0.15) is 30.6 Å². The van der Waals surface area contributed by atoms with E-state index in [0.717, 1.165) is 18.8 Å². The molecule has 0 aromatic carbocycles. The van der Waals surface area contributed by atoms with Crippen LogP contribution in [0.3, 0.4) is 0 Å². The summed E-state index contributed by atoms with van der Waals surface area (Å²) in [6.45, 7) is 4.96. The second-order valence-corrected chi connectivity index (χ2v) is 5.44. The quantitative estimate of drug-likeness (QED) is 0.903. The number of aromatic nitrogens is 1. The summed E-state index contributed by atoms with van der Waals surface area (Å²) in [7, 11) is 3.46. The Bertz CT molecular complexity index is 458. The molecule has 0 radical (unpaired) electrons. The molecule has 19 heavy (non-hydrogen) atoms. The van der Waals surface area contributed by atoms with Gasteiger partial charge in [-0.2, -0.15) is 0 Å². The summed E-state index contributed by atoms with van der Waals surface area (Å²) in [5.41, 5.74) is 0.497. The maximum Gasteiger partial charge on any atom is 0.254 e. The van der Waals surface area contributed by atoms with Gasteiger partial charge in [0, 0.05) is 26.9 Å². The molecule has 0 bridgehead atoms. The van der Waals surface area contributed by atoms with Crippen LogP contribution in [0.15, 0.2) is 18.3 Å². The third-order valence-corrected chi connectivity index (χ3v) is 3.72. The largest absolute Gasteiger partial charge is 0.376 e. The van der Waals surface area contributed by atoms with Crippen molar-refractivity contribution in [1.82, 2.24) is 9.88 Å². The van der Waals surface area contributed by atoms with Crippen LogP contribution in [0.5, 0.6) is 0 Å². The molecule has 0 saturated carbocycles. The first-order valence-corrected chi connectivity index (χ1v) is 6.50. The van der Waals surface area contributed by atoms with Crippen molar-refractivity contribution in [2.75, 3.05) is 26.0 Å². The fourth-order valence-electron chi connectivity index (χ4n) is 2.14. The molecule has 2 atom stereocenters. The lowest BCUT2D eigenvalue weighted by molar-refractivity contribution is 0.0827. The second-order valence-electron chi connectivity index (χ2n) is 5.44. The van der Waals surface area contributed by atoms with Crippen molar-refractivity contribution >= 4 is 11.7 Å². The molecule has 1 fully saturated rings. The molecule has 1 aliphatic rings. The predicted octanol–water partition coefficient (Wildman–Crippen LogP) is 1.76. The number of ether oxygens (including phenoxy) is 1.